The lowest BCUT2D eigenvalue weighted by Gasteiger charge is -2.28. The van der Waals surface area contributed by atoms with Gasteiger partial charge in [0.2, 0.25) is 0 Å². The van der Waals surface area contributed by atoms with Gasteiger partial charge in [0.25, 0.3) is 0 Å². The molecular weight excluding hydrogens is 283 g/mol. The van der Waals surface area contributed by atoms with Gasteiger partial charge in [-0.3, -0.25) is 0 Å². The highest BCUT2D eigenvalue weighted by molar-refractivity contribution is 5.58. The standard InChI is InChI=1S/C16H19FN4O/c1-22-11-14-10-15(21-8-6-18-7-9-21)20-16(19-14)12-2-4-13(17)5-3-12/h2-5,10,18H,6-9,11H2,1H3. The number of nitrogens with one attached hydrogen (secondary N) is 1. The number of methoxy groups -OCH3 is 1. The third-order valence-corrected chi connectivity index (χ3v) is 3.60. The molecule has 1 aliphatic heterocycles. The summed E-state index contributed by atoms with van der Waals surface area (Å²) in [5.74, 6) is 1.23. The first kappa shape index (κ1) is 14.9. The second-order valence-corrected chi connectivity index (χ2v) is 5.22. The Bertz CT molecular complexity index is 627. The molecule has 3 rings (SSSR count). The van der Waals surface area contributed by atoms with E-state index in [0.29, 0.717) is 12.4 Å². The second kappa shape index (κ2) is 6.81. The number of hydrogen-bond acceptors (Lipinski definition) is 5. The number of aromatic nitrogens is 2. The minimum Gasteiger partial charge on any atom is -0.378 e. The Labute approximate surface area is 129 Å². The summed E-state index contributed by atoms with van der Waals surface area (Å²) in [7, 11) is 1.64. The molecule has 0 radical (unpaired) electrons. The highest BCUT2D eigenvalue weighted by Gasteiger charge is 2.15. The fourth-order valence-electron chi connectivity index (χ4n) is 2.49. The van der Waals surface area contributed by atoms with Gasteiger partial charge in [0.15, 0.2) is 5.82 Å². The molecule has 0 aliphatic carbocycles. The summed E-state index contributed by atoms with van der Waals surface area (Å²) in [6, 6.07) is 8.20. The molecule has 2 aromatic rings. The highest BCUT2D eigenvalue weighted by Crippen LogP contribution is 2.21. The molecule has 116 valence electrons. The van der Waals surface area contributed by atoms with Crippen LogP contribution in [0.5, 0.6) is 0 Å². The number of rotatable bonds is 4. The van der Waals surface area contributed by atoms with Gasteiger partial charge >= 0.3 is 0 Å². The van der Waals surface area contributed by atoms with Crippen LogP contribution in [0, 0.1) is 5.82 Å². The van der Waals surface area contributed by atoms with Gasteiger partial charge in [0.1, 0.15) is 11.6 Å². The molecule has 0 saturated carbocycles. The van der Waals surface area contributed by atoms with Crippen LogP contribution in [-0.2, 0) is 11.3 Å². The Morgan fingerprint density at radius 1 is 1.18 bits per heavy atom. The molecule has 0 atom stereocenters. The maximum Gasteiger partial charge on any atom is 0.161 e. The number of halogens is 1. The molecule has 22 heavy (non-hydrogen) atoms. The quantitative estimate of drug-likeness (QED) is 0.934. The zero-order chi connectivity index (χ0) is 15.4. The van der Waals surface area contributed by atoms with Gasteiger partial charge in [-0.1, -0.05) is 0 Å². The Morgan fingerprint density at radius 3 is 2.59 bits per heavy atom. The normalized spacial score (nSPS) is 15.1. The van der Waals surface area contributed by atoms with Gasteiger partial charge in [-0.05, 0) is 24.3 Å². The third kappa shape index (κ3) is 3.40. The molecule has 0 amide bonds. The number of piperazine rings is 1. The summed E-state index contributed by atoms with van der Waals surface area (Å²) in [5.41, 5.74) is 1.63. The average Bonchev–Trinajstić information content (AvgIpc) is 2.56. The molecule has 0 bridgehead atoms. The van der Waals surface area contributed by atoms with E-state index in [2.05, 4.69) is 20.2 Å². The zero-order valence-electron chi connectivity index (χ0n) is 12.6. The van der Waals surface area contributed by atoms with E-state index >= 15 is 0 Å². The van der Waals surface area contributed by atoms with Crippen molar-refractivity contribution in [3.63, 3.8) is 0 Å². The van der Waals surface area contributed by atoms with Crippen LogP contribution in [0.2, 0.25) is 0 Å². The van der Waals surface area contributed by atoms with Crippen LogP contribution in [0.3, 0.4) is 0 Å². The summed E-state index contributed by atoms with van der Waals surface area (Å²) in [6.45, 7) is 4.12. The predicted octanol–water partition coefficient (Wildman–Crippen LogP) is 1.84. The van der Waals surface area contributed by atoms with Crippen molar-refractivity contribution in [1.29, 1.82) is 0 Å². The summed E-state index contributed by atoms with van der Waals surface area (Å²) < 4.78 is 18.3. The lowest BCUT2D eigenvalue weighted by Crippen LogP contribution is -2.44. The number of anilines is 1. The zero-order valence-corrected chi connectivity index (χ0v) is 12.6. The van der Waals surface area contributed by atoms with Gasteiger partial charge < -0.3 is 15.0 Å². The summed E-state index contributed by atoms with van der Waals surface area (Å²) >= 11 is 0. The summed E-state index contributed by atoms with van der Waals surface area (Å²) in [4.78, 5) is 11.4. The predicted molar refractivity (Wildman–Crippen MR) is 83.2 cm³/mol. The smallest absolute Gasteiger partial charge is 0.161 e. The van der Waals surface area contributed by atoms with E-state index < -0.39 is 0 Å². The molecule has 1 saturated heterocycles. The van der Waals surface area contributed by atoms with Crippen molar-refractivity contribution in [1.82, 2.24) is 15.3 Å². The fourth-order valence-corrected chi connectivity index (χ4v) is 2.49. The fraction of sp³-hybridized carbons (Fsp3) is 0.375. The van der Waals surface area contributed by atoms with Crippen LogP contribution in [0.15, 0.2) is 30.3 Å². The monoisotopic (exact) mass is 302 g/mol. The molecule has 1 N–H and O–H groups in total. The van der Waals surface area contributed by atoms with Crippen LogP contribution in [-0.4, -0.2) is 43.3 Å². The molecule has 1 aliphatic rings. The van der Waals surface area contributed by atoms with Crippen LogP contribution in [0.4, 0.5) is 10.2 Å². The minimum atomic E-state index is -0.265. The van der Waals surface area contributed by atoms with Gasteiger partial charge in [-0.15, -0.1) is 0 Å². The van der Waals surface area contributed by atoms with Gasteiger partial charge in [0.05, 0.1) is 12.3 Å². The first-order chi connectivity index (χ1) is 10.8. The summed E-state index contributed by atoms with van der Waals surface area (Å²) in [5, 5.41) is 3.33. The number of hydrogen-bond donors (Lipinski definition) is 1. The number of ether oxygens (including phenoxy) is 1. The molecule has 6 heteroatoms. The first-order valence-electron chi connectivity index (χ1n) is 7.35. The maximum absolute atomic E-state index is 13.1. The molecule has 2 heterocycles. The second-order valence-electron chi connectivity index (χ2n) is 5.22. The van der Waals surface area contributed by atoms with E-state index in [1.165, 1.54) is 12.1 Å². The van der Waals surface area contributed by atoms with E-state index in [1.807, 2.05) is 6.07 Å². The molecule has 5 nitrogen and oxygen atoms in total. The SMILES string of the molecule is COCc1cc(N2CCNCC2)nc(-c2ccc(F)cc2)n1. The van der Waals surface area contributed by atoms with E-state index in [1.54, 1.807) is 19.2 Å². The van der Waals surface area contributed by atoms with Crippen molar-refractivity contribution in [3.05, 3.63) is 41.8 Å². The van der Waals surface area contributed by atoms with Crippen LogP contribution >= 0.6 is 0 Å². The van der Waals surface area contributed by atoms with Crippen molar-refractivity contribution in [2.24, 2.45) is 0 Å². The van der Waals surface area contributed by atoms with Crippen molar-refractivity contribution < 1.29 is 9.13 Å². The molecule has 0 unspecified atom stereocenters. The van der Waals surface area contributed by atoms with Gasteiger partial charge in [0, 0.05) is 44.9 Å². The third-order valence-electron chi connectivity index (χ3n) is 3.60. The van der Waals surface area contributed by atoms with Crippen LogP contribution in [0.1, 0.15) is 5.69 Å². The Hall–Kier alpha value is -2.05. The lowest BCUT2D eigenvalue weighted by molar-refractivity contribution is 0.181. The van der Waals surface area contributed by atoms with E-state index in [9.17, 15) is 4.39 Å². The Kier molecular flexibility index (Phi) is 4.60. The lowest BCUT2D eigenvalue weighted by atomic mass is 10.2. The van der Waals surface area contributed by atoms with Crippen molar-refractivity contribution >= 4 is 5.82 Å². The maximum atomic E-state index is 13.1. The topological polar surface area (TPSA) is 50.3 Å². The largest absolute Gasteiger partial charge is 0.378 e. The van der Waals surface area contributed by atoms with Crippen molar-refractivity contribution in [2.45, 2.75) is 6.61 Å². The van der Waals surface area contributed by atoms with Gasteiger partial charge in [-0.25, -0.2) is 14.4 Å². The van der Waals surface area contributed by atoms with Crippen molar-refractivity contribution in [2.75, 3.05) is 38.2 Å². The summed E-state index contributed by atoms with van der Waals surface area (Å²) in [6.07, 6.45) is 0. The number of benzene rings is 1. The molecule has 1 aromatic heterocycles. The Morgan fingerprint density at radius 2 is 1.91 bits per heavy atom. The van der Waals surface area contributed by atoms with Gasteiger partial charge in [-0.2, -0.15) is 0 Å². The number of nitrogens with zero attached hydrogens (tertiary/aromatic N) is 3. The van der Waals surface area contributed by atoms with E-state index in [4.69, 9.17) is 4.74 Å². The molecule has 1 aromatic carbocycles. The van der Waals surface area contributed by atoms with E-state index in [-0.39, 0.29) is 5.82 Å². The first-order valence-corrected chi connectivity index (χ1v) is 7.35. The van der Waals surface area contributed by atoms with E-state index in [0.717, 1.165) is 43.3 Å². The Balaban J connectivity index is 1.97. The van der Waals surface area contributed by atoms with Crippen LogP contribution < -0.4 is 10.2 Å². The minimum absolute atomic E-state index is 0.265. The van der Waals surface area contributed by atoms with Crippen LogP contribution in [0.25, 0.3) is 11.4 Å². The molecular formula is C16H19FN4O. The van der Waals surface area contributed by atoms with Crippen molar-refractivity contribution in [3.8, 4) is 11.4 Å². The highest BCUT2D eigenvalue weighted by atomic mass is 19.1. The molecule has 1 fully saturated rings. The molecule has 0 spiro atoms. The average molecular weight is 302 g/mol.